The molecule has 0 heterocycles. The predicted octanol–water partition coefficient (Wildman–Crippen LogP) is 3.75. The molecule has 3 heteroatoms. The number of rotatable bonds is 7. The van der Waals surface area contributed by atoms with Crippen molar-refractivity contribution in [2.75, 3.05) is 13.7 Å². The zero-order valence-electron chi connectivity index (χ0n) is 13.3. The second-order valence-electron chi connectivity index (χ2n) is 5.66. The summed E-state index contributed by atoms with van der Waals surface area (Å²) in [5.74, 6) is 0.936. The first kappa shape index (κ1) is 15.8. The SMILES string of the molecule is COC(C)COc1ccc2ccccc2c1CNC(C)C. The van der Waals surface area contributed by atoms with Crippen LogP contribution < -0.4 is 10.1 Å². The summed E-state index contributed by atoms with van der Waals surface area (Å²) in [6, 6.07) is 13.0. The molecule has 0 aromatic heterocycles. The van der Waals surface area contributed by atoms with Gasteiger partial charge in [0.15, 0.2) is 0 Å². The normalized spacial score (nSPS) is 12.8. The topological polar surface area (TPSA) is 30.5 Å². The molecule has 0 spiro atoms. The standard InChI is InChI=1S/C18H25NO2/c1-13(2)19-11-17-16-8-6-5-7-15(16)9-10-18(17)21-12-14(3)20-4/h5-10,13-14,19H,11-12H2,1-4H3. The van der Waals surface area contributed by atoms with E-state index in [1.54, 1.807) is 7.11 Å². The van der Waals surface area contributed by atoms with Crippen molar-refractivity contribution >= 4 is 10.8 Å². The van der Waals surface area contributed by atoms with Crippen molar-refractivity contribution < 1.29 is 9.47 Å². The van der Waals surface area contributed by atoms with E-state index < -0.39 is 0 Å². The lowest BCUT2D eigenvalue weighted by atomic mass is 10.0. The monoisotopic (exact) mass is 287 g/mol. The Hall–Kier alpha value is -1.58. The van der Waals surface area contributed by atoms with Crippen molar-refractivity contribution in [2.24, 2.45) is 0 Å². The van der Waals surface area contributed by atoms with Gasteiger partial charge in [0.1, 0.15) is 12.4 Å². The first-order valence-corrected chi connectivity index (χ1v) is 7.51. The number of methoxy groups -OCH3 is 1. The minimum atomic E-state index is 0.0855. The van der Waals surface area contributed by atoms with Crippen LogP contribution in [0.15, 0.2) is 36.4 Å². The van der Waals surface area contributed by atoms with Crippen molar-refractivity contribution in [3.05, 3.63) is 42.0 Å². The summed E-state index contributed by atoms with van der Waals surface area (Å²) >= 11 is 0. The maximum absolute atomic E-state index is 5.97. The summed E-state index contributed by atoms with van der Waals surface area (Å²) in [7, 11) is 1.70. The van der Waals surface area contributed by atoms with E-state index in [2.05, 4.69) is 55.6 Å². The highest BCUT2D eigenvalue weighted by Crippen LogP contribution is 2.28. The van der Waals surface area contributed by atoms with Crippen LogP contribution in [0.25, 0.3) is 10.8 Å². The molecular formula is C18H25NO2. The van der Waals surface area contributed by atoms with Crippen LogP contribution in [0.1, 0.15) is 26.3 Å². The third-order valence-electron chi connectivity index (χ3n) is 3.56. The molecule has 2 rings (SSSR count). The average Bonchev–Trinajstić information content (AvgIpc) is 2.50. The van der Waals surface area contributed by atoms with Crippen LogP contribution in [0.5, 0.6) is 5.75 Å². The predicted molar refractivity (Wildman–Crippen MR) is 87.9 cm³/mol. The Labute approximate surface area is 127 Å². The van der Waals surface area contributed by atoms with E-state index in [9.17, 15) is 0 Å². The summed E-state index contributed by atoms with van der Waals surface area (Å²) in [6.07, 6.45) is 0.0855. The molecule has 0 radical (unpaired) electrons. The smallest absolute Gasteiger partial charge is 0.124 e. The van der Waals surface area contributed by atoms with E-state index in [-0.39, 0.29) is 6.10 Å². The van der Waals surface area contributed by atoms with Gasteiger partial charge >= 0.3 is 0 Å². The zero-order chi connectivity index (χ0) is 15.2. The average molecular weight is 287 g/mol. The molecule has 0 aliphatic heterocycles. The maximum Gasteiger partial charge on any atom is 0.124 e. The molecule has 0 aliphatic rings. The second kappa shape index (κ2) is 7.43. The van der Waals surface area contributed by atoms with Gasteiger partial charge in [-0.1, -0.05) is 44.2 Å². The van der Waals surface area contributed by atoms with Crippen molar-refractivity contribution in [3.8, 4) is 5.75 Å². The van der Waals surface area contributed by atoms with Crippen molar-refractivity contribution in [1.82, 2.24) is 5.32 Å². The van der Waals surface area contributed by atoms with Crippen molar-refractivity contribution in [3.63, 3.8) is 0 Å². The molecule has 2 aromatic rings. The fourth-order valence-electron chi connectivity index (χ4n) is 2.21. The Kier molecular flexibility index (Phi) is 5.59. The van der Waals surface area contributed by atoms with E-state index in [1.807, 2.05) is 6.92 Å². The summed E-state index contributed by atoms with van der Waals surface area (Å²) in [6.45, 7) is 7.67. The fourth-order valence-corrected chi connectivity index (χ4v) is 2.21. The molecule has 0 amide bonds. The third-order valence-corrected chi connectivity index (χ3v) is 3.56. The van der Waals surface area contributed by atoms with E-state index in [4.69, 9.17) is 9.47 Å². The number of hydrogen-bond acceptors (Lipinski definition) is 3. The van der Waals surface area contributed by atoms with Crippen LogP contribution in [0.2, 0.25) is 0 Å². The van der Waals surface area contributed by atoms with Crippen molar-refractivity contribution in [1.29, 1.82) is 0 Å². The minimum Gasteiger partial charge on any atom is -0.491 e. The van der Waals surface area contributed by atoms with Gasteiger partial charge < -0.3 is 14.8 Å². The fraction of sp³-hybridized carbons (Fsp3) is 0.444. The zero-order valence-corrected chi connectivity index (χ0v) is 13.3. The largest absolute Gasteiger partial charge is 0.491 e. The van der Waals surface area contributed by atoms with Crippen LogP contribution in [0.3, 0.4) is 0 Å². The highest BCUT2D eigenvalue weighted by atomic mass is 16.5. The molecule has 3 nitrogen and oxygen atoms in total. The summed E-state index contributed by atoms with van der Waals surface area (Å²) in [5, 5.41) is 5.97. The Morgan fingerprint density at radius 2 is 1.81 bits per heavy atom. The van der Waals surface area contributed by atoms with Gasteiger partial charge in [-0.05, 0) is 23.8 Å². The molecule has 1 unspecified atom stereocenters. The summed E-state index contributed by atoms with van der Waals surface area (Å²) in [4.78, 5) is 0. The van der Waals surface area contributed by atoms with E-state index in [0.717, 1.165) is 12.3 Å². The van der Waals surface area contributed by atoms with Gasteiger partial charge in [-0.15, -0.1) is 0 Å². The molecule has 114 valence electrons. The van der Waals surface area contributed by atoms with Gasteiger partial charge in [-0.2, -0.15) is 0 Å². The molecule has 0 aliphatic carbocycles. The van der Waals surface area contributed by atoms with E-state index in [1.165, 1.54) is 16.3 Å². The quantitative estimate of drug-likeness (QED) is 0.841. The number of hydrogen-bond donors (Lipinski definition) is 1. The molecule has 1 atom stereocenters. The van der Waals surface area contributed by atoms with Gasteiger partial charge in [-0.25, -0.2) is 0 Å². The lowest BCUT2D eigenvalue weighted by molar-refractivity contribution is 0.0713. The Balaban J connectivity index is 2.31. The first-order chi connectivity index (χ1) is 10.1. The number of benzene rings is 2. The minimum absolute atomic E-state index is 0.0855. The third kappa shape index (κ3) is 4.19. The van der Waals surface area contributed by atoms with E-state index >= 15 is 0 Å². The van der Waals surface area contributed by atoms with Gasteiger partial charge in [-0.3, -0.25) is 0 Å². The maximum atomic E-state index is 5.97. The van der Waals surface area contributed by atoms with Crippen molar-refractivity contribution in [2.45, 2.75) is 39.5 Å². The number of ether oxygens (including phenoxy) is 2. The molecule has 0 saturated carbocycles. The van der Waals surface area contributed by atoms with Crippen LogP contribution in [-0.4, -0.2) is 25.9 Å². The highest BCUT2D eigenvalue weighted by molar-refractivity contribution is 5.87. The van der Waals surface area contributed by atoms with Gasteiger partial charge in [0.2, 0.25) is 0 Å². The molecule has 1 N–H and O–H groups in total. The number of nitrogens with one attached hydrogen (secondary N) is 1. The molecule has 0 saturated heterocycles. The molecule has 2 aromatic carbocycles. The van der Waals surface area contributed by atoms with Crippen LogP contribution in [0.4, 0.5) is 0 Å². The van der Waals surface area contributed by atoms with E-state index in [0.29, 0.717) is 12.6 Å². The molecule has 0 fully saturated rings. The second-order valence-corrected chi connectivity index (χ2v) is 5.66. The molecule has 0 bridgehead atoms. The Morgan fingerprint density at radius 3 is 2.52 bits per heavy atom. The highest BCUT2D eigenvalue weighted by Gasteiger charge is 2.10. The summed E-state index contributed by atoms with van der Waals surface area (Å²) in [5.41, 5.74) is 1.21. The lowest BCUT2D eigenvalue weighted by Gasteiger charge is -2.18. The Bertz CT molecular complexity index is 580. The van der Waals surface area contributed by atoms with Gasteiger partial charge in [0.05, 0.1) is 6.10 Å². The van der Waals surface area contributed by atoms with Gasteiger partial charge in [0, 0.05) is 25.3 Å². The molecular weight excluding hydrogens is 262 g/mol. The van der Waals surface area contributed by atoms with Crippen LogP contribution >= 0.6 is 0 Å². The van der Waals surface area contributed by atoms with Crippen LogP contribution in [-0.2, 0) is 11.3 Å². The lowest BCUT2D eigenvalue weighted by Crippen LogP contribution is -2.23. The Morgan fingerprint density at radius 1 is 1.05 bits per heavy atom. The molecule has 21 heavy (non-hydrogen) atoms. The summed E-state index contributed by atoms with van der Waals surface area (Å²) < 4.78 is 11.2. The van der Waals surface area contributed by atoms with Crippen LogP contribution in [0, 0.1) is 0 Å². The van der Waals surface area contributed by atoms with Gasteiger partial charge in [0.25, 0.3) is 0 Å². The first-order valence-electron chi connectivity index (χ1n) is 7.51. The number of fused-ring (bicyclic) bond motifs is 1.